The molecule has 4 rings (SSSR count). The molecule has 1 fully saturated rings. The first-order chi connectivity index (χ1) is 14.1. The van der Waals surface area contributed by atoms with Gasteiger partial charge in [-0.25, -0.2) is 4.39 Å². The molecule has 3 aromatic rings. The van der Waals surface area contributed by atoms with Crippen LogP contribution in [0, 0.1) is 11.7 Å². The molecule has 1 N–H and O–H groups in total. The van der Waals surface area contributed by atoms with Gasteiger partial charge >= 0.3 is 0 Å². The van der Waals surface area contributed by atoms with Gasteiger partial charge in [0.25, 0.3) is 0 Å². The van der Waals surface area contributed by atoms with Gasteiger partial charge in [0.2, 0.25) is 16.9 Å². The van der Waals surface area contributed by atoms with E-state index in [1.165, 1.54) is 35.2 Å². The third-order valence-corrected chi connectivity index (χ3v) is 6.52. The Labute approximate surface area is 175 Å². The Hall–Kier alpha value is -2.78. The number of halogens is 1. The molecule has 0 spiro atoms. The number of nitrogens with one attached hydrogen (secondary N) is 1. The second-order valence-corrected chi connectivity index (χ2v) is 8.72. The van der Waals surface area contributed by atoms with Crippen LogP contribution in [0.2, 0.25) is 0 Å². The molecule has 0 bridgehead atoms. The molecule has 0 radical (unpaired) electrons. The second kappa shape index (κ2) is 8.71. The zero-order valence-electron chi connectivity index (χ0n) is 15.2. The van der Waals surface area contributed by atoms with Crippen molar-refractivity contribution in [3.63, 3.8) is 0 Å². The molecule has 29 heavy (non-hydrogen) atoms. The van der Waals surface area contributed by atoms with E-state index >= 15 is 0 Å². The fourth-order valence-electron chi connectivity index (χ4n) is 2.99. The number of para-hydroxylation sites is 1. The summed E-state index contributed by atoms with van der Waals surface area (Å²) in [4.78, 5) is 26.5. The van der Waals surface area contributed by atoms with Gasteiger partial charge in [0.05, 0.1) is 5.92 Å². The van der Waals surface area contributed by atoms with Crippen LogP contribution in [0.15, 0.2) is 58.9 Å². The number of amides is 2. The Morgan fingerprint density at radius 2 is 1.93 bits per heavy atom. The van der Waals surface area contributed by atoms with Crippen molar-refractivity contribution in [3.05, 3.63) is 66.0 Å². The van der Waals surface area contributed by atoms with Crippen LogP contribution in [0.1, 0.15) is 12.0 Å². The van der Waals surface area contributed by atoms with E-state index in [4.69, 9.17) is 0 Å². The summed E-state index contributed by atoms with van der Waals surface area (Å²) >= 11 is 2.74. The minimum Gasteiger partial charge on any atom is -0.312 e. The standard InChI is InChI=1S/C20H17FN4O2S2/c21-15-8-6-13(7-9-15)12-28-20-24-23-19(29-20)22-18(27)14-10-17(26)25(11-14)16-4-2-1-3-5-16/h1-9,14H,10-12H2,(H,22,23,27). The lowest BCUT2D eigenvalue weighted by Gasteiger charge is -2.16. The van der Waals surface area contributed by atoms with E-state index in [1.807, 2.05) is 30.3 Å². The molecule has 1 aliphatic rings. The van der Waals surface area contributed by atoms with Gasteiger partial charge in [0.1, 0.15) is 5.82 Å². The monoisotopic (exact) mass is 428 g/mol. The first-order valence-electron chi connectivity index (χ1n) is 8.95. The minimum absolute atomic E-state index is 0.0656. The zero-order valence-corrected chi connectivity index (χ0v) is 16.9. The summed E-state index contributed by atoms with van der Waals surface area (Å²) in [7, 11) is 0. The summed E-state index contributed by atoms with van der Waals surface area (Å²) in [5.41, 5.74) is 1.77. The number of thioether (sulfide) groups is 1. The lowest BCUT2D eigenvalue weighted by atomic mass is 10.1. The Morgan fingerprint density at radius 3 is 2.69 bits per heavy atom. The number of aromatic nitrogens is 2. The quantitative estimate of drug-likeness (QED) is 0.475. The topological polar surface area (TPSA) is 75.2 Å². The van der Waals surface area contributed by atoms with E-state index in [1.54, 1.807) is 17.0 Å². The predicted octanol–water partition coefficient (Wildman–Crippen LogP) is 3.96. The number of benzene rings is 2. The van der Waals surface area contributed by atoms with Gasteiger partial charge in [-0.15, -0.1) is 10.2 Å². The fourth-order valence-corrected chi connectivity index (χ4v) is 4.70. The van der Waals surface area contributed by atoms with E-state index < -0.39 is 5.92 Å². The van der Waals surface area contributed by atoms with Crippen molar-refractivity contribution in [1.82, 2.24) is 10.2 Å². The molecule has 0 aliphatic carbocycles. The number of carbonyl (C=O) groups is 2. The van der Waals surface area contributed by atoms with Crippen LogP contribution in [0.5, 0.6) is 0 Å². The van der Waals surface area contributed by atoms with Gasteiger partial charge in [0.15, 0.2) is 4.34 Å². The van der Waals surface area contributed by atoms with Gasteiger partial charge in [0, 0.05) is 24.4 Å². The molecule has 1 saturated heterocycles. The predicted molar refractivity (Wildman–Crippen MR) is 111 cm³/mol. The number of rotatable bonds is 6. The smallest absolute Gasteiger partial charge is 0.231 e. The van der Waals surface area contributed by atoms with Crippen molar-refractivity contribution in [3.8, 4) is 0 Å². The molecule has 6 nitrogen and oxygen atoms in total. The highest BCUT2D eigenvalue weighted by molar-refractivity contribution is 8.00. The number of hydrogen-bond acceptors (Lipinski definition) is 6. The van der Waals surface area contributed by atoms with E-state index in [2.05, 4.69) is 15.5 Å². The number of anilines is 2. The normalized spacial score (nSPS) is 16.2. The summed E-state index contributed by atoms with van der Waals surface area (Å²) in [6.07, 6.45) is 0.172. The van der Waals surface area contributed by atoms with E-state index in [0.717, 1.165) is 11.3 Å². The average Bonchev–Trinajstić information content (AvgIpc) is 3.34. The maximum absolute atomic E-state index is 13.0. The highest BCUT2D eigenvalue weighted by Gasteiger charge is 2.35. The Bertz CT molecular complexity index is 1010. The van der Waals surface area contributed by atoms with E-state index in [0.29, 0.717) is 21.8 Å². The molecule has 2 heterocycles. The summed E-state index contributed by atoms with van der Waals surface area (Å²) in [6, 6.07) is 15.6. The van der Waals surface area contributed by atoms with Crippen LogP contribution >= 0.6 is 23.1 Å². The van der Waals surface area contributed by atoms with Gasteiger partial charge < -0.3 is 10.2 Å². The molecule has 1 aromatic heterocycles. The third-order valence-electron chi connectivity index (χ3n) is 4.48. The highest BCUT2D eigenvalue weighted by Crippen LogP contribution is 2.30. The van der Waals surface area contributed by atoms with Crippen molar-refractivity contribution in [1.29, 1.82) is 0 Å². The first-order valence-corrected chi connectivity index (χ1v) is 10.8. The van der Waals surface area contributed by atoms with Crippen LogP contribution in [0.4, 0.5) is 15.2 Å². The fraction of sp³-hybridized carbons (Fsp3) is 0.200. The van der Waals surface area contributed by atoms with Crippen molar-refractivity contribution >= 4 is 45.7 Å². The van der Waals surface area contributed by atoms with E-state index in [9.17, 15) is 14.0 Å². The molecular weight excluding hydrogens is 411 g/mol. The minimum atomic E-state index is -0.429. The molecule has 9 heteroatoms. The van der Waals surface area contributed by atoms with Crippen LogP contribution in [-0.2, 0) is 15.3 Å². The first kappa shape index (κ1) is 19.5. The molecule has 1 aliphatic heterocycles. The summed E-state index contributed by atoms with van der Waals surface area (Å²) in [5, 5.41) is 11.3. The summed E-state index contributed by atoms with van der Waals surface area (Å²) in [5.74, 6) is -0.364. The lowest BCUT2D eigenvalue weighted by Crippen LogP contribution is -2.28. The van der Waals surface area contributed by atoms with E-state index in [-0.39, 0.29) is 24.1 Å². The maximum atomic E-state index is 13.0. The maximum Gasteiger partial charge on any atom is 0.231 e. The Morgan fingerprint density at radius 1 is 1.17 bits per heavy atom. The summed E-state index contributed by atoms with van der Waals surface area (Å²) in [6.45, 7) is 0.347. The van der Waals surface area contributed by atoms with Crippen molar-refractivity contribution in [2.45, 2.75) is 16.5 Å². The van der Waals surface area contributed by atoms with Crippen LogP contribution in [0.25, 0.3) is 0 Å². The zero-order chi connectivity index (χ0) is 20.2. The average molecular weight is 429 g/mol. The lowest BCUT2D eigenvalue weighted by molar-refractivity contribution is -0.122. The largest absolute Gasteiger partial charge is 0.312 e. The SMILES string of the molecule is O=C(Nc1nnc(SCc2ccc(F)cc2)s1)C1CC(=O)N(c2ccccc2)C1. The number of hydrogen-bond donors (Lipinski definition) is 1. The molecular formula is C20H17FN4O2S2. The molecule has 1 unspecified atom stereocenters. The molecule has 0 saturated carbocycles. The number of carbonyl (C=O) groups excluding carboxylic acids is 2. The Balaban J connectivity index is 1.32. The molecule has 2 amide bonds. The van der Waals surface area contributed by atoms with Crippen LogP contribution in [-0.4, -0.2) is 28.6 Å². The van der Waals surface area contributed by atoms with Crippen molar-refractivity contribution in [2.75, 3.05) is 16.8 Å². The van der Waals surface area contributed by atoms with Crippen molar-refractivity contribution in [2.24, 2.45) is 5.92 Å². The van der Waals surface area contributed by atoms with Gasteiger partial charge in [-0.2, -0.15) is 0 Å². The second-order valence-electron chi connectivity index (χ2n) is 6.52. The highest BCUT2D eigenvalue weighted by atomic mass is 32.2. The van der Waals surface area contributed by atoms with Crippen LogP contribution in [0.3, 0.4) is 0 Å². The summed E-state index contributed by atoms with van der Waals surface area (Å²) < 4.78 is 13.7. The van der Waals surface area contributed by atoms with Gasteiger partial charge in [-0.05, 0) is 29.8 Å². The molecule has 1 atom stereocenters. The number of nitrogens with zero attached hydrogens (tertiary/aromatic N) is 3. The third kappa shape index (κ3) is 4.80. The Kier molecular flexibility index (Phi) is 5.86. The molecule has 2 aromatic carbocycles. The van der Waals surface area contributed by atoms with Crippen molar-refractivity contribution < 1.29 is 14.0 Å². The molecule has 148 valence electrons. The van der Waals surface area contributed by atoms with Gasteiger partial charge in [-0.3, -0.25) is 9.59 Å². The van der Waals surface area contributed by atoms with Crippen LogP contribution < -0.4 is 10.2 Å². The van der Waals surface area contributed by atoms with Gasteiger partial charge in [-0.1, -0.05) is 53.4 Å².